The summed E-state index contributed by atoms with van der Waals surface area (Å²) >= 11 is 0. The molecule has 1 amide bonds. The highest BCUT2D eigenvalue weighted by atomic mass is 32.2. The molecule has 4 heterocycles. The van der Waals surface area contributed by atoms with E-state index in [4.69, 9.17) is 0 Å². The van der Waals surface area contributed by atoms with Gasteiger partial charge in [0.25, 0.3) is 0 Å². The van der Waals surface area contributed by atoms with Crippen LogP contribution < -0.4 is 10.6 Å². The Balaban J connectivity index is 1.85. The molecular formula is C31H33FN6O4S. The summed E-state index contributed by atoms with van der Waals surface area (Å²) in [6.07, 6.45) is 3.97. The fourth-order valence-corrected chi connectivity index (χ4v) is 6.48. The normalized spacial score (nSPS) is 15.7. The molecule has 0 aliphatic carbocycles. The van der Waals surface area contributed by atoms with Gasteiger partial charge in [-0.15, -0.1) is 0 Å². The summed E-state index contributed by atoms with van der Waals surface area (Å²) in [5, 5.41) is 0.269. The highest BCUT2D eigenvalue weighted by Crippen LogP contribution is 2.35. The molecule has 0 bridgehead atoms. The Kier molecular flexibility index (Phi) is 7.91. The number of carbonyl (C=O) groups excluding carboxylic acids is 1. The monoisotopic (exact) mass is 604 g/mol. The molecule has 0 spiro atoms. The van der Waals surface area contributed by atoms with Gasteiger partial charge in [-0.1, -0.05) is 38.6 Å². The molecule has 4 aromatic rings. The molecule has 0 N–H and O–H groups in total. The van der Waals surface area contributed by atoms with E-state index in [1.807, 2.05) is 32.6 Å². The summed E-state index contributed by atoms with van der Waals surface area (Å²) in [6.45, 7) is 12.3. The van der Waals surface area contributed by atoms with Crippen LogP contribution in [0.2, 0.25) is 0 Å². The zero-order valence-electron chi connectivity index (χ0n) is 24.7. The summed E-state index contributed by atoms with van der Waals surface area (Å²) in [6, 6.07) is 8.82. The molecule has 1 aromatic carbocycles. The number of fused-ring (bicyclic) bond motifs is 1. The molecule has 3 aromatic heterocycles. The van der Waals surface area contributed by atoms with Crippen molar-refractivity contribution in [1.29, 1.82) is 0 Å². The number of sulfone groups is 1. The van der Waals surface area contributed by atoms with Crippen LogP contribution in [0, 0.1) is 12.7 Å². The van der Waals surface area contributed by atoms with E-state index in [1.165, 1.54) is 28.8 Å². The number of piperazine rings is 1. The number of aryl methyl sites for hydroxylation is 1. The summed E-state index contributed by atoms with van der Waals surface area (Å²) in [7, 11) is -3.74. The molecule has 43 heavy (non-hydrogen) atoms. The Morgan fingerprint density at radius 2 is 1.88 bits per heavy atom. The molecule has 0 saturated carbocycles. The number of anilines is 1. The van der Waals surface area contributed by atoms with Gasteiger partial charge in [-0.05, 0) is 49.6 Å². The van der Waals surface area contributed by atoms with Crippen molar-refractivity contribution in [2.45, 2.75) is 44.6 Å². The maximum Gasteiger partial charge on any atom is 0.355 e. The third-order valence-corrected chi connectivity index (χ3v) is 8.81. The van der Waals surface area contributed by atoms with Gasteiger partial charge in [0.2, 0.25) is 5.91 Å². The fraction of sp³-hybridized carbons (Fsp3) is 0.323. The minimum atomic E-state index is -3.74. The number of carbonyl (C=O) groups is 1. The summed E-state index contributed by atoms with van der Waals surface area (Å²) in [5.41, 5.74) is 1.21. The summed E-state index contributed by atoms with van der Waals surface area (Å²) in [4.78, 5) is 43.4. The van der Waals surface area contributed by atoms with E-state index >= 15 is 4.39 Å². The zero-order chi connectivity index (χ0) is 31.2. The van der Waals surface area contributed by atoms with E-state index < -0.39 is 21.3 Å². The van der Waals surface area contributed by atoms with Gasteiger partial charge in [0.1, 0.15) is 17.3 Å². The molecule has 1 atom stereocenters. The zero-order valence-corrected chi connectivity index (χ0v) is 25.5. The molecule has 224 valence electrons. The number of nitrogens with zero attached hydrogens (tertiary/aromatic N) is 6. The molecule has 1 aliphatic rings. The Labute approximate surface area is 249 Å². The average molecular weight is 605 g/mol. The molecule has 10 nitrogen and oxygen atoms in total. The molecule has 1 aliphatic heterocycles. The van der Waals surface area contributed by atoms with E-state index in [-0.39, 0.29) is 50.9 Å². The fourth-order valence-electron chi connectivity index (χ4n) is 5.59. The minimum absolute atomic E-state index is 0.0714. The van der Waals surface area contributed by atoms with E-state index in [0.29, 0.717) is 31.0 Å². The Morgan fingerprint density at radius 1 is 1.16 bits per heavy atom. The van der Waals surface area contributed by atoms with Gasteiger partial charge < -0.3 is 9.80 Å². The lowest BCUT2D eigenvalue weighted by Crippen LogP contribution is -2.54. The van der Waals surface area contributed by atoms with Crippen LogP contribution in [0.5, 0.6) is 0 Å². The van der Waals surface area contributed by atoms with Crippen molar-refractivity contribution in [2.75, 3.05) is 30.8 Å². The quantitative estimate of drug-likeness (QED) is 0.303. The lowest BCUT2D eigenvalue weighted by atomic mass is 10.0. The predicted octanol–water partition coefficient (Wildman–Crippen LogP) is 4.04. The van der Waals surface area contributed by atoms with Crippen molar-refractivity contribution in [1.82, 2.24) is 24.4 Å². The molecule has 1 fully saturated rings. The van der Waals surface area contributed by atoms with E-state index in [2.05, 4.69) is 21.5 Å². The molecular weight excluding hydrogens is 571 g/mol. The second-order valence-corrected chi connectivity index (χ2v) is 13.0. The Morgan fingerprint density at radius 3 is 2.53 bits per heavy atom. The number of hydrogen-bond acceptors (Lipinski definition) is 8. The first-order chi connectivity index (χ1) is 20.3. The van der Waals surface area contributed by atoms with Crippen molar-refractivity contribution in [3.05, 3.63) is 82.8 Å². The minimum Gasteiger partial charge on any atom is -0.350 e. The molecule has 0 unspecified atom stereocenters. The first-order valence-electron chi connectivity index (χ1n) is 13.9. The van der Waals surface area contributed by atoms with Gasteiger partial charge in [-0.3, -0.25) is 9.78 Å². The topological polar surface area (TPSA) is 118 Å². The number of hydrogen-bond donors (Lipinski definition) is 0. The molecule has 5 rings (SSSR count). The van der Waals surface area contributed by atoms with Crippen LogP contribution in [0.25, 0.3) is 28.0 Å². The Hall–Kier alpha value is -4.45. The van der Waals surface area contributed by atoms with Crippen LogP contribution in [-0.4, -0.2) is 70.7 Å². The van der Waals surface area contributed by atoms with Crippen LogP contribution in [0.1, 0.15) is 37.9 Å². The van der Waals surface area contributed by atoms with Crippen LogP contribution >= 0.6 is 0 Å². The highest BCUT2D eigenvalue weighted by molar-refractivity contribution is 7.90. The van der Waals surface area contributed by atoms with Gasteiger partial charge in [0.05, 0.1) is 21.7 Å². The van der Waals surface area contributed by atoms with Crippen molar-refractivity contribution < 1.29 is 17.6 Å². The number of aromatic nitrogens is 4. The average Bonchev–Trinajstić information content (AvgIpc) is 2.96. The van der Waals surface area contributed by atoms with Crippen LogP contribution in [0.3, 0.4) is 0 Å². The van der Waals surface area contributed by atoms with Gasteiger partial charge >= 0.3 is 5.69 Å². The second kappa shape index (κ2) is 11.3. The first-order valence-corrected chi connectivity index (χ1v) is 15.8. The molecule has 0 radical (unpaired) electrons. The maximum absolute atomic E-state index is 16.1. The largest absolute Gasteiger partial charge is 0.355 e. The smallest absolute Gasteiger partial charge is 0.350 e. The highest BCUT2D eigenvalue weighted by Gasteiger charge is 2.31. The van der Waals surface area contributed by atoms with Crippen LogP contribution in [0.4, 0.5) is 10.2 Å². The number of benzene rings is 1. The predicted molar refractivity (Wildman–Crippen MR) is 164 cm³/mol. The Bertz CT molecular complexity index is 1940. The van der Waals surface area contributed by atoms with Gasteiger partial charge in [0, 0.05) is 43.7 Å². The summed E-state index contributed by atoms with van der Waals surface area (Å²) in [5.74, 6) is -0.804. The standard InChI is InChI=1S/C31H33FN6O4S/c1-7-25(39)36-14-15-37(20(5)17-36)29-22-16-23(32)27(21-10-8-9-11-24(21)43(6,41)42)34-30(22)38(31(40)35-29)28-19(4)12-13-33-26(28)18(2)3/h7-13,16,18,20H,1,14-15,17H2,2-6H3/t20-/m0/s1. The number of pyridine rings is 2. The van der Waals surface area contributed by atoms with Crippen molar-refractivity contribution in [3.63, 3.8) is 0 Å². The number of amides is 1. The van der Waals surface area contributed by atoms with Crippen molar-refractivity contribution in [3.8, 4) is 16.9 Å². The van der Waals surface area contributed by atoms with E-state index in [0.717, 1.165) is 11.8 Å². The van der Waals surface area contributed by atoms with Gasteiger partial charge in [-0.2, -0.15) is 4.98 Å². The lowest BCUT2D eigenvalue weighted by molar-refractivity contribution is -0.126. The van der Waals surface area contributed by atoms with Crippen molar-refractivity contribution >= 4 is 32.6 Å². The van der Waals surface area contributed by atoms with E-state index in [9.17, 15) is 18.0 Å². The lowest BCUT2D eigenvalue weighted by Gasteiger charge is -2.40. The third kappa shape index (κ3) is 5.42. The van der Waals surface area contributed by atoms with Gasteiger partial charge in [0.15, 0.2) is 15.5 Å². The first kappa shape index (κ1) is 30.0. The number of halogens is 1. The number of rotatable bonds is 6. The third-order valence-electron chi connectivity index (χ3n) is 7.65. The van der Waals surface area contributed by atoms with Crippen LogP contribution in [-0.2, 0) is 14.6 Å². The summed E-state index contributed by atoms with van der Waals surface area (Å²) < 4.78 is 42.7. The van der Waals surface area contributed by atoms with E-state index in [1.54, 1.807) is 29.3 Å². The maximum atomic E-state index is 16.1. The molecule has 1 saturated heterocycles. The van der Waals surface area contributed by atoms with Crippen molar-refractivity contribution in [2.24, 2.45) is 0 Å². The van der Waals surface area contributed by atoms with Gasteiger partial charge in [-0.25, -0.2) is 27.2 Å². The van der Waals surface area contributed by atoms with Crippen LogP contribution in [0.15, 0.2) is 64.9 Å². The SMILES string of the molecule is C=CC(=O)N1CCN(c2nc(=O)n(-c3c(C)ccnc3C(C)C)c3nc(-c4ccccc4S(C)(=O)=O)c(F)cc23)[C@@H](C)C1. The second-order valence-electron chi connectivity index (χ2n) is 11.1. The molecule has 12 heteroatoms.